The molecule has 0 saturated heterocycles. The van der Waals surface area contributed by atoms with Gasteiger partial charge in [-0.05, 0) is 5.92 Å². The van der Waals surface area contributed by atoms with Gasteiger partial charge in [0.25, 0.3) is 0 Å². The van der Waals surface area contributed by atoms with Crippen molar-refractivity contribution in [2.75, 3.05) is 13.7 Å². The van der Waals surface area contributed by atoms with E-state index in [4.69, 9.17) is 5.11 Å². The predicted octanol–water partition coefficient (Wildman–Crippen LogP) is 0.617. The van der Waals surface area contributed by atoms with Crippen LogP contribution in [0, 0.1) is 10.8 Å². The molecule has 0 rings (SSSR count). The van der Waals surface area contributed by atoms with Gasteiger partial charge in [0.15, 0.2) is 0 Å². The summed E-state index contributed by atoms with van der Waals surface area (Å²) in [4.78, 5) is 9.97. The zero-order chi connectivity index (χ0) is 8.15. The molecule has 0 spiro atoms. The second-order valence-electron chi connectivity index (χ2n) is 2.65. The number of hydrogen-bond acceptors (Lipinski definition) is 3. The predicted molar refractivity (Wildman–Crippen MR) is 39.3 cm³/mol. The van der Waals surface area contributed by atoms with Crippen LogP contribution in [0.4, 0.5) is 0 Å². The van der Waals surface area contributed by atoms with E-state index < -0.39 is 0 Å². The summed E-state index contributed by atoms with van der Waals surface area (Å²) < 4.78 is 0. The van der Waals surface area contributed by atoms with E-state index in [9.17, 15) is 4.91 Å². The minimum atomic E-state index is -0.155. The zero-order valence-corrected chi connectivity index (χ0v) is 6.61. The normalized spacial score (nSPS) is 13.3. The largest absolute Gasteiger partial charge is 0.394 e. The van der Waals surface area contributed by atoms with Gasteiger partial charge in [-0.15, -0.1) is 4.91 Å². The highest BCUT2D eigenvalue weighted by molar-refractivity contribution is 4.67. The second-order valence-corrected chi connectivity index (χ2v) is 2.65. The Bertz CT molecular complexity index is 106. The van der Waals surface area contributed by atoms with E-state index in [0.717, 1.165) is 0 Å². The molecular weight excluding hydrogens is 132 g/mol. The average molecular weight is 146 g/mol. The van der Waals surface area contributed by atoms with Crippen LogP contribution < -0.4 is 0 Å². The highest BCUT2D eigenvalue weighted by Gasteiger charge is 2.16. The summed E-state index contributed by atoms with van der Waals surface area (Å²) in [7, 11) is 1.56. The highest BCUT2D eigenvalue weighted by Crippen LogP contribution is 2.07. The highest BCUT2D eigenvalue weighted by atomic mass is 16.3. The minimum Gasteiger partial charge on any atom is -0.394 e. The topological polar surface area (TPSA) is 52.9 Å². The molecule has 0 aromatic rings. The molecule has 0 aliphatic heterocycles. The van der Waals surface area contributed by atoms with Gasteiger partial charge in [-0.25, -0.2) is 0 Å². The third-order valence-corrected chi connectivity index (χ3v) is 1.57. The number of hydrogen-bond donors (Lipinski definition) is 1. The van der Waals surface area contributed by atoms with Gasteiger partial charge in [-0.3, -0.25) is 5.01 Å². The molecule has 0 amide bonds. The molecule has 0 fully saturated rings. The molecule has 1 N–H and O–H groups in total. The van der Waals surface area contributed by atoms with E-state index in [2.05, 4.69) is 5.29 Å². The molecule has 0 aliphatic rings. The van der Waals surface area contributed by atoms with Crippen molar-refractivity contribution in [3.8, 4) is 0 Å². The molecular formula is C6H14N2O2. The average Bonchev–Trinajstić information content (AvgIpc) is 1.88. The zero-order valence-electron chi connectivity index (χ0n) is 6.61. The first-order valence-electron chi connectivity index (χ1n) is 3.30. The standard InChI is InChI=1S/C6H14N2O2/c1-5(2)6(4-9)8(3)7-10/h5-6,9H,4H2,1-3H3. The minimum absolute atomic E-state index is 0.0279. The summed E-state index contributed by atoms with van der Waals surface area (Å²) in [6.07, 6.45) is 0. The third kappa shape index (κ3) is 2.31. The van der Waals surface area contributed by atoms with E-state index in [1.54, 1.807) is 7.05 Å². The van der Waals surface area contributed by atoms with Gasteiger partial charge < -0.3 is 5.11 Å². The molecule has 60 valence electrons. The van der Waals surface area contributed by atoms with Crippen molar-refractivity contribution >= 4 is 0 Å². The Morgan fingerprint density at radius 2 is 2.10 bits per heavy atom. The number of nitrogens with zero attached hydrogens (tertiary/aromatic N) is 2. The summed E-state index contributed by atoms with van der Waals surface area (Å²) in [6.45, 7) is 3.84. The lowest BCUT2D eigenvalue weighted by Crippen LogP contribution is -2.34. The van der Waals surface area contributed by atoms with Crippen molar-refractivity contribution in [1.82, 2.24) is 5.01 Å². The van der Waals surface area contributed by atoms with E-state index in [1.165, 1.54) is 5.01 Å². The van der Waals surface area contributed by atoms with Gasteiger partial charge in [-0.1, -0.05) is 13.8 Å². The molecule has 1 unspecified atom stereocenters. The maximum atomic E-state index is 9.97. The van der Waals surface area contributed by atoms with E-state index in [1.807, 2.05) is 13.8 Å². The van der Waals surface area contributed by atoms with Crippen LogP contribution in [-0.4, -0.2) is 29.8 Å². The van der Waals surface area contributed by atoms with Crippen molar-refractivity contribution in [2.45, 2.75) is 19.9 Å². The van der Waals surface area contributed by atoms with Crippen molar-refractivity contribution < 1.29 is 5.11 Å². The van der Waals surface area contributed by atoms with Crippen molar-refractivity contribution in [3.63, 3.8) is 0 Å². The lowest BCUT2D eigenvalue weighted by Gasteiger charge is -2.23. The van der Waals surface area contributed by atoms with Crippen molar-refractivity contribution in [1.29, 1.82) is 0 Å². The Morgan fingerprint density at radius 3 is 2.20 bits per heavy atom. The van der Waals surface area contributed by atoms with Gasteiger partial charge in [-0.2, -0.15) is 0 Å². The first kappa shape index (κ1) is 9.36. The Labute approximate surface area is 60.8 Å². The Hall–Kier alpha value is -0.640. The molecule has 4 heteroatoms. The monoisotopic (exact) mass is 146 g/mol. The summed E-state index contributed by atoms with van der Waals surface area (Å²) in [5, 5.41) is 12.7. The van der Waals surface area contributed by atoms with Gasteiger partial charge in [0.2, 0.25) is 0 Å². The number of aliphatic hydroxyl groups is 1. The first-order valence-corrected chi connectivity index (χ1v) is 3.30. The third-order valence-electron chi connectivity index (χ3n) is 1.57. The molecule has 1 atom stereocenters. The summed E-state index contributed by atoms with van der Waals surface area (Å²) in [6, 6.07) is -0.155. The summed E-state index contributed by atoms with van der Waals surface area (Å²) in [5.74, 6) is 0.243. The molecule has 0 aromatic carbocycles. The fraction of sp³-hybridized carbons (Fsp3) is 1.00. The Kier molecular flexibility index (Phi) is 3.95. The molecule has 4 nitrogen and oxygen atoms in total. The van der Waals surface area contributed by atoms with Gasteiger partial charge in [0.05, 0.1) is 17.9 Å². The smallest absolute Gasteiger partial charge is 0.0752 e. The number of rotatable bonds is 4. The molecule has 0 aromatic heterocycles. The molecule has 0 heterocycles. The van der Waals surface area contributed by atoms with Gasteiger partial charge in [0, 0.05) is 7.05 Å². The lowest BCUT2D eigenvalue weighted by molar-refractivity contribution is 0.114. The molecule has 0 bridgehead atoms. The second kappa shape index (κ2) is 4.22. The van der Waals surface area contributed by atoms with Gasteiger partial charge >= 0.3 is 0 Å². The number of nitroso groups, excluding NO2 is 1. The van der Waals surface area contributed by atoms with Crippen LogP contribution in [0.5, 0.6) is 0 Å². The van der Waals surface area contributed by atoms with Crippen LogP contribution in [0.2, 0.25) is 0 Å². The van der Waals surface area contributed by atoms with Crippen molar-refractivity contribution in [2.24, 2.45) is 11.2 Å². The maximum absolute atomic E-state index is 9.97. The van der Waals surface area contributed by atoms with Crippen LogP contribution in [0.1, 0.15) is 13.8 Å². The van der Waals surface area contributed by atoms with Crippen LogP contribution in [-0.2, 0) is 0 Å². The maximum Gasteiger partial charge on any atom is 0.0752 e. The summed E-state index contributed by atoms with van der Waals surface area (Å²) in [5.41, 5.74) is 0. The van der Waals surface area contributed by atoms with E-state index in [-0.39, 0.29) is 18.6 Å². The van der Waals surface area contributed by atoms with Gasteiger partial charge in [0.1, 0.15) is 0 Å². The molecule has 0 saturated carbocycles. The fourth-order valence-corrected chi connectivity index (χ4v) is 0.821. The quantitative estimate of drug-likeness (QED) is 0.467. The number of likely N-dealkylation sites (N-methyl/N-ethyl adjacent to an activating group) is 1. The Balaban J connectivity index is 3.92. The van der Waals surface area contributed by atoms with Crippen molar-refractivity contribution in [3.05, 3.63) is 4.91 Å². The number of aliphatic hydroxyl groups excluding tert-OH is 1. The van der Waals surface area contributed by atoms with E-state index >= 15 is 0 Å². The fourth-order valence-electron chi connectivity index (χ4n) is 0.821. The molecule has 0 aliphatic carbocycles. The summed E-state index contributed by atoms with van der Waals surface area (Å²) >= 11 is 0. The Morgan fingerprint density at radius 1 is 1.60 bits per heavy atom. The molecule has 0 radical (unpaired) electrons. The SMILES string of the molecule is CC(C)C(CO)N(C)N=O. The molecule has 10 heavy (non-hydrogen) atoms. The lowest BCUT2D eigenvalue weighted by atomic mass is 10.1. The van der Waals surface area contributed by atoms with Crippen LogP contribution in [0.25, 0.3) is 0 Å². The van der Waals surface area contributed by atoms with Crippen LogP contribution >= 0.6 is 0 Å². The van der Waals surface area contributed by atoms with Crippen LogP contribution in [0.3, 0.4) is 0 Å². The first-order chi connectivity index (χ1) is 4.63. The van der Waals surface area contributed by atoms with Crippen LogP contribution in [0.15, 0.2) is 5.29 Å². The van der Waals surface area contributed by atoms with E-state index in [0.29, 0.717) is 0 Å².